The van der Waals surface area contributed by atoms with E-state index in [9.17, 15) is 9.90 Å². The number of carbonyl (C=O) groups excluding carboxylic acids is 1. The Morgan fingerprint density at radius 3 is 2.66 bits per heavy atom. The largest absolute Gasteiger partial charge is 0.507 e. The van der Waals surface area contributed by atoms with Gasteiger partial charge in [0.25, 0.3) is 5.91 Å². The average Bonchev–Trinajstić information content (AvgIpc) is 2.76. The number of benzene rings is 3. The molecular weight excluding hydrogens is 611 g/mol. The summed E-state index contributed by atoms with van der Waals surface area (Å²) in [5.41, 5.74) is 4.24. The summed E-state index contributed by atoms with van der Waals surface area (Å²) in [7, 11) is 0. The number of ether oxygens (including phenoxy) is 2. The summed E-state index contributed by atoms with van der Waals surface area (Å²) < 4.78 is 13.3. The van der Waals surface area contributed by atoms with Crippen molar-refractivity contribution in [2.24, 2.45) is 5.10 Å². The molecule has 0 spiro atoms. The number of amides is 1. The minimum atomic E-state index is -0.525. The molecule has 0 aliphatic carbocycles. The molecule has 0 atom stereocenters. The Morgan fingerprint density at radius 2 is 1.94 bits per heavy atom. The van der Waals surface area contributed by atoms with Crippen LogP contribution in [0.15, 0.2) is 64.2 Å². The number of phenolic OH excluding ortho intramolecular Hbond substituents is 1. The Kier molecular flexibility index (Phi) is 8.77. The van der Waals surface area contributed by atoms with Crippen LogP contribution in [-0.2, 0) is 6.61 Å². The zero-order valence-corrected chi connectivity index (χ0v) is 21.4. The first-order chi connectivity index (χ1) is 15.4. The molecule has 0 aromatic heterocycles. The molecule has 0 unspecified atom stereocenters. The highest BCUT2D eigenvalue weighted by molar-refractivity contribution is 14.1. The fourth-order valence-corrected chi connectivity index (χ4v) is 3.99. The highest BCUT2D eigenvalue weighted by atomic mass is 127. The minimum Gasteiger partial charge on any atom is -0.507 e. The molecule has 3 aromatic carbocycles. The fourth-order valence-electron chi connectivity index (χ4n) is 2.72. The Hall–Kier alpha value is -2.30. The van der Waals surface area contributed by atoms with Gasteiger partial charge in [0.15, 0.2) is 11.5 Å². The molecule has 9 heteroatoms. The van der Waals surface area contributed by atoms with Gasteiger partial charge in [-0.1, -0.05) is 39.7 Å². The number of aromatic hydroxyl groups is 1. The average molecular weight is 630 g/mol. The maximum absolute atomic E-state index is 12.3. The van der Waals surface area contributed by atoms with Crippen molar-refractivity contribution >= 4 is 62.2 Å². The molecule has 166 valence electrons. The lowest BCUT2D eigenvalue weighted by Gasteiger charge is -2.15. The van der Waals surface area contributed by atoms with Gasteiger partial charge in [-0.15, -0.1) is 0 Å². The molecule has 0 fully saturated rings. The van der Waals surface area contributed by atoms with Crippen molar-refractivity contribution in [1.82, 2.24) is 5.43 Å². The second-order valence-corrected chi connectivity index (χ2v) is 9.05. The van der Waals surface area contributed by atoms with Crippen LogP contribution in [0, 0.1) is 3.57 Å². The monoisotopic (exact) mass is 628 g/mol. The molecule has 0 saturated heterocycles. The number of carbonyl (C=O) groups is 1. The zero-order chi connectivity index (χ0) is 23.1. The number of phenols is 1. The number of nitrogens with zero attached hydrogens (tertiary/aromatic N) is 1. The molecule has 6 nitrogen and oxygen atoms in total. The molecule has 2 N–H and O–H groups in total. The van der Waals surface area contributed by atoms with E-state index >= 15 is 0 Å². The van der Waals surface area contributed by atoms with Gasteiger partial charge in [-0.05, 0) is 83.1 Å². The van der Waals surface area contributed by atoms with Gasteiger partial charge >= 0.3 is 0 Å². The van der Waals surface area contributed by atoms with Crippen LogP contribution in [0.5, 0.6) is 17.2 Å². The van der Waals surface area contributed by atoms with Gasteiger partial charge in [0.2, 0.25) is 0 Å². The van der Waals surface area contributed by atoms with Gasteiger partial charge in [0.1, 0.15) is 12.4 Å². The number of nitrogens with one attached hydrogen (secondary N) is 1. The number of rotatable bonds is 8. The fraction of sp³-hybridized carbons (Fsp3) is 0.130. The van der Waals surface area contributed by atoms with Gasteiger partial charge in [0, 0.05) is 9.50 Å². The maximum atomic E-state index is 12.3. The SMILES string of the molecule is CCOc1cc(/C=N\NC(=O)c2cc(Br)ccc2O)cc(I)c1OCc1ccc(Cl)cc1. The summed E-state index contributed by atoms with van der Waals surface area (Å²) in [5.74, 6) is 0.549. The summed E-state index contributed by atoms with van der Waals surface area (Å²) in [6.07, 6.45) is 1.50. The van der Waals surface area contributed by atoms with Crippen molar-refractivity contribution in [3.05, 3.63) is 84.4 Å². The topological polar surface area (TPSA) is 80.2 Å². The molecule has 0 radical (unpaired) electrons. The zero-order valence-electron chi connectivity index (χ0n) is 16.9. The van der Waals surface area contributed by atoms with E-state index in [2.05, 4.69) is 49.0 Å². The molecule has 3 rings (SSSR count). The standard InChI is InChI=1S/C23H19BrClIN2O4/c1-2-31-21-10-15(12-27-28-23(30)18-11-16(24)5-8-20(18)29)9-19(26)22(21)32-13-14-3-6-17(25)7-4-14/h3-12,29H,2,13H2,1H3,(H,28,30)/b27-12-. The Morgan fingerprint density at radius 1 is 1.19 bits per heavy atom. The van der Waals surface area contributed by atoms with Crippen LogP contribution < -0.4 is 14.9 Å². The summed E-state index contributed by atoms with van der Waals surface area (Å²) in [5, 5.41) is 14.5. The van der Waals surface area contributed by atoms with E-state index in [-0.39, 0.29) is 11.3 Å². The Labute approximate surface area is 212 Å². The van der Waals surface area contributed by atoms with E-state index in [0.29, 0.717) is 34.2 Å². The van der Waals surface area contributed by atoms with Crippen molar-refractivity contribution in [3.63, 3.8) is 0 Å². The second kappa shape index (κ2) is 11.5. The van der Waals surface area contributed by atoms with E-state index in [1.807, 2.05) is 37.3 Å². The lowest BCUT2D eigenvalue weighted by molar-refractivity contribution is 0.0952. The van der Waals surface area contributed by atoms with Crippen LogP contribution in [0.3, 0.4) is 0 Å². The number of hydrogen-bond acceptors (Lipinski definition) is 5. The molecule has 0 bridgehead atoms. The van der Waals surface area contributed by atoms with Crippen LogP contribution in [-0.4, -0.2) is 23.8 Å². The summed E-state index contributed by atoms with van der Waals surface area (Å²) >= 11 is 11.4. The normalized spacial score (nSPS) is 10.9. The number of hydrogen-bond donors (Lipinski definition) is 2. The van der Waals surface area contributed by atoms with Crippen LogP contribution in [0.2, 0.25) is 5.02 Å². The molecule has 0 aliphatic rings. The van der Waals surface area contributed by atoms with Crippen LogP contribution in [0.4, 0.5) is 0 Å². The summed E-state index contributed by atoms with van der Waals surface area (Å²) in [6.45, 7) is 2.72. The third-order valence-corrected chi connectivity index (χ3v) is 5.76. The second-order valence-electron chi connectivity index (χ2n) is 6.54. The third kappa shape index (κ3) is 6.60. The third-order valence-electron chi connectivity index (χ3n) is 4.21. The summed E-state index contributed by atoms with van der Waals surface area (Å²) in [4.78, 5) is 12.3. The molecule has 0 heterocycles. The predicted molar refractivity (Wildman–Crippen MR) is 137 cm³/mol. The van der Waals surface area contributed by atoms with Gasteiger partial charge in [-0.3, -0.25) is 4.79 Å². The van der Waals surface area contributed by atoms with Gasteiger partial charge in [-0.2, -0.15) is 5.10 Å². The van der Waals surface area contributed by atoms with Crippen LogP contribution in [0.1, 0.15) is 28.4 Å². The molecule has 0 aliphatic heterocycles. The predicted octanol–water partition coefficient (Wildman–Crippen LogP) is 6.15. The molecule has 0 saturated carbocycles. The maximum Gasteiger partial charge on any atom is 0.275 e. The van der Waals surface area contributed by atoms with Crippen molar-refractivity contribution in [1.29, 1.82) is 0 Å². The Bertz CT molecular complexity index is 1140. The lowest BCUT2D eigenvalue weighted by Crippen LogP contribution is -2.17. The first-order valence-corrected chi connectivity index (χ1v) is 11.8. The van der Waals surface area contributed by atoms with E-state index in [1.54, 1.807) is 12.1 Å². The van der Waals surface area contributed by atoms with Crippen molar-refractivity contribution < 1.29 is 19.4 Å². The minimum absolute atomic E-state index is 0.118. The van der Waals surface area contributed by atoms with E-state index in [1.165, 1.54) is 18.3 Å². The van der Waals surface area contributed by atoms with Crippen molar-refractivity contribution in [2.45, 2.75) is 13.5 Å². The van der Waals surface area contributed by atoms with Crippen molar-refractivity contribution in [2.75, 3.05) is 6.61 Å². The van der Waals surface area contributed by atoms with E-state index in [0.717, 1.165) is 14.7 Å². The highest BCUT2D eigenvalue weighted by Gasteiger charge is 2.13. The van der Waals surface area contributed by atoms with Gasteiger partial charge < -0.3 is 14.6 Å². The highest BCUT2D eigenvalue weighted by Crippen LogP contribution is 2.34. The van der Waals surface area contributed by atoms with E-state index in [4.69, 9.17) is 21.1 Å². The van der Waals surface area contributed by atoms with Crippen molar-refractivity contribution in [3.8, 4) is 17.2 Å². The van der Waals surface area contributed by atoms with Crippen LogP contribution in [0.25, 0.3) is 0 Å². The first-order valence-electron chi connectivity index (χ1n) is 9.53. The molecular formula is C23H19BrClIN2O4. The quantitative estimate of drug-likeness (QED) is 0.178. The molecule has 1 amide bonds. The van der Waals surface area contributed by atoms with Gasteiger partial charge in [-0.25, -0.2) is 5.43 Å². The summed E-state index contributed by atoms with van der Waals surface area (Å²) in [6, 6.07) is 15.7. The van der Waals surface area contributed by atoms with E-state index < -0.39 is 5.91 Å². The van der Waals surface area contributed by atoms with Gasteiger partial charge in [0.05, 0.1) is 22.0 Å². The lowest BCUT2D eigenvalue weighted by atomic mass is 10.2. The Balaban J connectivity index is 1.73. The molecule has 32 heavy (non-hydrogen) atoms. The number of hydrazone groups is 1. The van der Waals surface area contributed by atoms with Crippen LogP contribution >= 0.6 is 50.1 Å². The smallest absolute Gasteiger partial charge is 0.275 e. The molecule has 3 aromatic rings. The number of halogens is 3. The first kappa shape index (κ1) is 24.3.